The van der Waals surface area contributed by atoms with Crippen LogP contribution in [0.3, 0.4) is 0 Å². The number of hydrogen-bond acceptors (Lipinski definition) is 2. The predicted octanol–water partition coefficient (Wildman–Crippen LogP) is 4.14. The van der Waals surface area contributed by atoms with E-state index in [0.29, 0.717) is 6.04 Å². The van der Waals surface area contributed by atoms with Gasteiger partial charge in [0.1, 0.15) is 5.82 Å². The third-order valence-electron chi connectivity index (χ3n) is 3.06. The molecule has 0 heterocycles. The number of hydrogen-bond donors (Lipinski definition) is 1. The van der Waals surface area contributed by atoms with Gasteiger partial charge in [0.2, 0.25) is 0 Å². The van der Waals surface area contributed by atoms with Gasteiger partial charge in [-0.2, -0.15) is 0 Å². The van der Waals surface area contributed by atoms with E-state index in [1.807, 2.05) is 12.1 Å². The van der Waals surface area contributed by atoms with Crippen LogP contribution in [0.25, 0.3) is 0 Å². The number of rotatable bonds is 7. The molecule has 2 rings (SSSR count). The van der Waals surface area contributed by atoms with Crippen molar-refractivity contribution in [1.82, 2.24) is 5.32 Å². The van der Waals surface area contributed by atoms with E-state index in [0.717, 1.165) is 23.6 Å². The number of nitrogens with one attached hydrogen (secondary N) is 1. The lowest BCUT2D eigenvalue weighted by molar-refractivity contribution is 0.572. The van der Waals surface area contributed by atoms with Crippen LogP contribution in [0, 0.1) is 5.82 Å². The van der Waals surface area contributed by atoms with Crippen molar-refractivity contribution >= 4 is 11.8 Å². The second kappa shape index (κ2) is 8.08. The number of thioether (sulfide) groups is 1. The molecule has 0 fully saturated rings. The molecular weight excluding hydrogens is 269 g/mol. The Bertz CT molecular complexity index is 515. The molecule has 1 nitrogen and oxygen atoms in total. The summed E-state index contributed by atoms with van der Waals surface area (Å²) in [5, 5.41) is 3.50. The van der Waals surface area contributed by atoms with E-state index in [-0.39, 0.29) is 5.82 Å². The summed E-state index contributed by atoms with van der Waals surface area (Å²) in [6.07, 6.45) is 0.997. The fourth-order valence-electron chi connectivity index (χ4n) is 2.13. The van der Waals surface area contributed by atoms with Crippen LogP contribution in [0.1, 0.15) is 12.5 Å². The summed E-state index contributed by atoms with van der Waals surface area (Å²) in [6, 6.07) is 17.7. The third-order valence-corrected chi connectivity index (χ3v) is 4.22. The number of benzene rings is 2. The first-order valence-corrected chi connectivity index (χ1v) is 7.92. The molecule has 1 atom stereocenters. The predicted molar refractivity (Wildman–Crippen MR) is 84.7 cm³/mol. The molecular formula is C17H20FNS. The van der Waals surface area contributed by atoms with Gasteiger partial charge < -0.3 is 5.32 Å². The van der Waals surface area contributed by atoms with E-state index >= 15 is 0 Å². The van der Waals surface area contributed by atoms with Crippen molar-refractivity contribution in [2.45, 2.75) is 24.3 Å². The van der Waals surface area contributed by atoms with E-state index in [1.165, 1.54) is 11.6 Å². The fourth-order valence-corrected chi connectivity index (χ4v) is 3.13. The van der Waals surface area contributed by atoms with Gasteiger partial charge in [-0.05, 0) is 36.7 Å². The molecule has 20 heavy (non-hydrogen) atoms. The lowest BCUT2D eigenvalue weighted by Crippen LogP contribution is -2.33. The standard InChI is InChI=1S/C17H20FNS/c1-2-19-16(11-14-7-4-3-5-8-14)13-20-17-10-6-9-15(18)12-17/h3-10,12,16,19H,2,11,13H2,1H3. The first kappa shape index (κ1) is 15.1. The van der Waals surface area contributed by atoms with Gasteiger partial charge in [0.15, 0.2) is 0 Å². The van der Waals surface area contributed by atoms with Crippen molar-refractivity contribution in [3.8, 4) is 0 Å². The molecule has 106 valence electrons. The molecule has 0 spiro atoms. The van der Waals surface area contributed by atoms with Crippen LogP contribution >= 0.6 is 11.8 Å². The Labute approximate surface area is 124 Å². The Balaban J connectivity index is 1.92. The fraction of sp³-hybridized carbons (Fsp3) is 0.294. The molecule has 0 bridgehead atoms. The molecule has 2 aromatic carbocycles. The van der Waals surface area contributed by atoms with Crippen LogP contribution < -0.4 is 5.32 Å². The maximum Gasteiger partial charge on any atom is 0.124 e. The zero-order valence-electron chi connectivity index (χ0n) is 11.7. The molecule has 3 heteroatoms. The van der Waals surface area contributed by atoms with Crippen molar-refractivity contribution in [3.05, 3.63) is 66.0 Å². The Morgan fingerprint density at radius 1 is 1.10 bits per heavy atom. The molecule has 0 aliphatic heterocycles. The van der Waals surface area contributed by atoms with Gasteiger partial charge in [-0.3, -0.25) is 0 Å². The second-order valence-corrected chi connectivity index (χ2v) is 5.81. The molecule has 0 amide bonds. The van der Waals surface area contributed by atoms with E-state index in [1.54, 1.807) is 23.9 Å². The molecule has 0 radical (unpaired) electrons. The van der Waals surface area contributed by atoms with Crippen molar-refractivity contribution in [3.63, 3.8) is 0 Å². The van der Waals surface area contributed by atoms with Crippen molar-refractivity contribution < 1.29 is 4.39 Å². The van der Waals surface area contributed by atoms with Gasteiger partial charge in [0, 0.05) is 16.7 Å². The van der Waals surface area contributed by atoms with Crippen LogP contribution in [0.4, 0.5) is 4.39 Å². The minimum absolute atomic E-state index is 0.168. The third kappa shape index (κ3) is 4.99. The Kier molecular flexibility index (Phi) is 6.09. The molecule has 0 aliphatic rings. The first-order chi connectivity index (χ1) is 9.78. The van der Waals surface area contributed by atoms with Gasteiger partial charge in [0.25, 0.3) is 0 Å². The summed E-state index contributed by atoms with van der Waals surface area (Å²) < 4.78 is 13.2. The van der Waals surface area contributed by atoms with Gasteiger partial charge in [-0.25, -0.2) is 4.39 Å². The minimum atomic E-state index is -0.168. The average Bonchev–Trinajstić information content (AvgIpc) is 2.46. The smallest absolute Gasteiger partial charge is 0.124 e. The summed E-state index contributed by atoms with van der Waals surface area (Å²) in [7, 11) is 0. The normalized spacial score (nSPS) is 12.3. The van der Waals surface area contributed by atoms with Crippen LogP contribution in [-0.2, 0) is 6.42 Å². The lowest BCUT2D eigenvalue weighted by Gasteiger charge is -2.17. The molecule has 0 saturated heterocycles. The zero-order valence-corrected chi connectivity index (χ0v) is 12.5. The average molecular weight is 289 g/mol. The SMILES string of the molecule is CCNC(CSc1cccc(F)c1)Cc1ccccc1. The van der Waals surface area contributed by atoms with Gasteiger partial charge >= 0.3 is 0 Å². The number of halogens is 1. The molecule has 2 aromatic rings. The van der Waals surface area contributed by atoms with Crippen molar-refractivity contribution in [2.24, 2.45) is 0 Å². The van der Waals surface area contributed by atoms with Crippen LogP contribution in [0.2, 0.25) is 0 Å². The Hall–Kier alpha value is -1.32. The Morgan fingerprint density at radius 3 is 2.60 bits per heavy atom. The minimum Gasteiger partial charge on any atom is -0.313 e. The highest BCUT2D eigenvalue weighted by atomic mass is 32.2. The van der Waals surface area contributed by atoms with Crippen LogP contribution in [0.5, 0.6) is 0 Å². The molecule has 0 saturated carbocycles. The summed E-state index contributed by atoms with van der Waals surface area (Å²) >= 11 is 1.70. The van der Waals surface area contributed by atoms with E-state index in [2.05, 4.69) is 36.5 Å². The summed E-state index contributed by atoms with van der Waals surface area (Å²) in [5.74, 6) is 0.768. The van der Waals surface area contributed by atoms with Gasteiger partial charge in [-0.1, -0.05) is 43.3 Å². The van der Waals surface area contributed by atoms with Gasteiger partial charge in [-0.15, -0.1) is 11.8 Å². The van der Waals surface area contributed by atoms with E-state index in [9.17, 15) is 4.39 Å². The van der Waals surface area contributed by atoms with Crippen molar-refractivity contribution in [1.29, 1.82) is 0 Å². The topological polar surface area (TPSA) is 12.0 Å². The second-order valence-electron chi connectivity index (χ2n) is 4.71. The summed E-state index contributed by atoms with van der Waals surface area (Å²) in [5.41, 5.74) is 1.33. The van der Waals surface area contributed by atoms with Crippen molar-refractivity contribution in [2.75, 3.05) is 12.3 Å². The van der Waals surface area contributed by atoms with Gasteiger partial charge in [0.05, 0.1) is 0 Å². The highest BCUT2D eigenvalue weighted by Gasteiger charge is 2.09. The highest BCUT2D eigenvalue weighted by molar-refractivity contribution is 7.99. The molecule has 1 N–H and O–H groups in total. The summed E-state index contributed by atoms with van der Waals surface area (Å²) in [6.45, 7) is 3.06. The highest BCUT2D eigenvalue weighted by Crippen LogP contribution is 2.20. The quantitative estimate of drug-likeness (QED) is 0.769. The van der Waals surface area contributed by atoms with Crippen LogP contribution in [-0.4, -0.2) is 18.3 Å². The zero-order chi connectivity index (χ0) is 14.2. The lowest BCUT2D eigenvalue weighted by atomic mass is 10.1. The first-order valence-electron chi connectivity index (χ1n) is 6.93. The summed E-state index contributed by atoms with van der Waals surface area (Å²) in [4.78, 5) is 0.987. The van der Waals surface area contributed by atoms with Crippen LogP contribution in [0.15, 0.2) is 59.5 Å². The molecule has 0 aliphatic carbocycles. The molecule has 0 aromatic heterocycles. The largest absolute Gasteiger partial charge is 0.313 e. The molecule has 1 unspecified atom stereocenters. The Morgan fingerprint density at radius 2 is 1.90 bits per heavy atom. The number of likely N-dealkylation sites (N-methyl/N-ethyl adjacent to an activating group) is 1. The van der Waals surface area contributed by atoms with E-state index in [4.69, 9.17) is 0 Å². The monoisotopic (exact) mass is 289 g/mol. The maximum absolute atomic E-state index is 13.2. The maximum atomic E-state index is 13.2. The van der Waals surface area contributed by atoms with E-state index < -0.39 is 0 Å².